The standard InChI is InChI=1S/C35H42N4O5/c1-8-19-15(3)22-12-24-17(5)21(10-11-28(40)41)32(38-24)30-31(35(43)44-7)34(42)29-18(6)25(39-33(29)30)14-27-20(9-2)16(4)23(37-27)13-26(19)36-22/h8,13-14,17,21,24,31-32,34,36-39,42H,1,4,9-12H2,2-3,5-7H3,(H,40,41)/b23-13-,25-14-/t17-,21-,24?,31+,32?,34?/m0/s1. The van der Waals surface area contributed by atoms with E-state index in [1.807, 2.05) is 13.0 Å². The van der Waals surface area contributed by atoms with Crippen LogP contribution in [0.15, 0.2) is 6.58 Å². The van der Waals surface area contributed by atoms with Gasteiger partial charge in [-0.05, 0) is 78.2 Å². The summed E-state index contributed by atoms with van der Waals surface area (Å²) in [6.07, 6.45) is 6.83. The summed E-state index contributed by atoms with van der Waals surface area (Å²) < 4.78 is 5.23. The molecule has 6 N–H and O–H groups in total. The minimum Gasteiger partial charge on any atom is -0.481 e. The first kappa shape index (κ1) is 30.0. The number of aromatic nitrogens is 3. The molecule has 3 unspecified atom stereocenters. The lowest BCUT2D eigenvalue weighted by molar-refractivity contribution is -0.146. The first-order valence-electron chi connectivity index (χ1n) is 15.4. The third kappa shape index (κ3) is 4.52. The van der Waals surface area contributed by atoms with E-state index in [1.165, 1.54) is 7.11 Å². The maximum atomic E-state index is 13.3. The molecule has 3 aromatic rings. The molecule has 5 heterocycles. The summed E-state index contributed by atoms with van der Waals surface area (Å²) >= 11 is 0. The number of aromatic amines is 3. The summed E-state index contributed by atoms with van der Waals surface area (Å²) in [7, 11) is 1.34. The van der Waals surface area contributed by atoms with Crippen molar-refractivity contribution in [3.05, 3.63) is 72.7 Å². The Hall–Kier alpha value is -4.08. The molecule has 6 rings (SSSR count). The van der Waals surface area contributed by atoms with Crippen LogP contribution >= 0.6 is 0 Å². The van der Waals surface area contributed by atoms with Crippen LogP contribution in [0.25, 0.3) is 30.4 Å². The monoisotopic (exact) mass is 598 g/mol. The minimum absolute atomic E-state index is 0.0115. The summed E-state index contributed by atoms with van der Waals surface area (Å²) in [5.41, 5.74) is 8.46. The van der Waals surface area contributed by atoms with Gasteiger partial charge in [-0.3, -0.25) is 9.59 Å². The van der Waals surface area contributed by atoms with Crippen molar-refractivity contribution < 1.29 is 24.5 Å². The third-order valence-corrected chi connectivity index (χ3v) is 10.5. The Bertz CT molecular complexity index is 1920. The zero-order chi connectivity index (χ0) is 31.6. The Morgan fingerprint density at radius 1 is 1.11 bits per heavy atom. The molecular weight excluding hydrogens is 556 g/mol. The highest BCUT2D eigenvalue weighted by molar-refractivity contribution is 5.88. The maximum Gasteiger partial charge on any atom is 0.315 e. The van der Waals surface area contributed by atoms with Gasteiger partial charge in [0.05, 0.1) is 13.2 Å². The number of fused-ring (bicyclic) bond motifs is 8. The van der Waals surface area contributed by atoms with Crippen LogP contribution < -0.4 is 26.6 Å². The van der Waals surface area contributed by atoms with Crippen molar-refractivity contribution in [1.29, 1.82) is 0 Å². The highest BCUT2D eigenvalue weighted by Gasteiger charge is 2.50. The number of aliphatic hydroxyl groups excluding tert-OH is 1. The van der Waals surface area contributed by atoms with Crippen LogP contribution in [0.5, 0.6) is 0 Å². The van der Waals surface area contributed by atoms with E-state index < -0.39 is 24.0 Å². The van der Waals surface area contributed by atoms with Gasteiger partial charge in [0.1, 0.15) is 5.92 Å². The molecule has 8 bridgehead atoms. The molecule has 9 heteroatoms. The average Bonchev–Trinajstić information content (AvgIpc) is 3.72. The number of carboxylic acid groups (broad SMARTS) is 1. The summed E-state index contributed by atoms with van der Waals surface area (Å²) in [5.74, 6) is -2.28. The largest absolute Gasteiger partial charge is 0.481 e. The summed E-state index contributed by atoms with van der Waals surface area (Å²) in [6, 6.07) is -0.362. The number of aliphatic hydroxyl groups is 1. The normalized spacial score (nSPS) is 27.0. The fraction of sp³-hybridized carbons (Fsp3) is 0.429. The topological polar surface area (TPSA) is 143 Å². The molecule has 3 aromatic heterocycles. The van der Waals surface area contributed by atoms with Crippen molar-refractivity contribution >= 4 is 42.3 Å². The van der Waals surface area contributed by atoms with Gasteiger partial charge in [0.2, 0.25) is 0 Å². The predicted molar refractivity (Wildman–Crippen MR) is 170 cm³/mol. The fourth-order valence-corrected chi connectivity index (χ4v) is 8.04. The van der Waals surface area contributed by atoms with E-state index in [0.717, 1.165) is 72.6 Å². The van der Waals surface area contributed by atoms with E-state index in [9.17, 15) is 19.8 Å². The molecule has 1 saturated heterocycles. The smallest absolute Gasteiger partial charge is 0.315 e. The lowest BCUT2D eigenvalue weighted by Crippen LogP contribution is -2.40. The number of esters is 1. The van der Waals surface area contributed by atoms with Crippen LogP contribution in [-0.4, -0.2) is 56.3 Å². The van der Waals surface area contributed by atoms with Crippen LogP contribution in [-0.2, 0) is 27.2 Å². The van der Waals surface area contributed by atoms with Gasteiger partial charge in [0.25, 0.3) is 0 Å². The Labute approximate surface area is 256 Å². The van der Waals surface area contributed by atoms with Gasteiger partial charge in [-0.2, -0.15) is 0 Å². The van der Waals surface area contributed by atoms with Crippen LogP contribution in [0.2, 0.25) is 0 Å². The van der Waals surface area contributed by atoms with Gasteiger partial charge >= 0.3 is 11.9 Å². The number of hydrogen-bond donors (Lipinski definition) is 6. The zero-order valence-corrected chi connectivity index (χ0v) is 26.1. The maximum absolute atomic E-state index is 13.3. The molecule has 6 atom stereocenters. The highest BCUT2D eigenvalue weighted by Crippen LogP contribution is 2.44. The number of nitrogens with one attached hydrogen (secondary N) is 4. The van der Waals surface area contributed by atoms with Crippen molar-refractivity contribution in [2.24, 2.45) is 17.8 Å². The first-order chi connectivity index (χ1) is 21.0. The number of hydrogen-bond acceptors (Lipinski definition) is 5. The van der Waals surface area contributed by atoms with Gasteiger partial charge in [-0.25, -0.2) is 0 Å². The van der Waals surface area contributed by atoms with Crippen molar-refractivity contribution in [2.75, 3.05) is 7.11 Å². The van der Waals surface area contributed by atoms with E-state index in [-0.39, 0.29) is 30.3 Å². The number of aliphatic carboxylic acids is 1. The number of carbonyl (C=O) groups is 2. The van der Waals surface area contributed by atoms with E-state index in [1.54, 1.807) is 0 Å². The number of carbonyl (C=O) groups excluding carboxylic acids is 1. The molecular formula is C35H42N4O5. The van der Waals surface area contributed by atoms with Gasteiger partial charge in [0, 0.05) is 69.2 Å². The first-order valence-corrected chi connectivity index (χ1v) is 15.4. The van der Waals surface area contributed by atoms with Crippen LogP contribution in [0.1, 0.15) is 77.7 Å². The summed E-state index contributed by atoms with van der Waals surface area (Å²) in [5, 5.41) is 28.6. The predicted octanol–water partition coefficient (Wildman–Crippen LogP) is 1.56. The second kappa shape index (κ2) is 11.1. The van der Waals surface area contributed by atoms with Crippen molar-refractivity contribution in [3.63, 3.8) is 0 Å². The SMILES string of the molecule is C=Cc1c2[nH]c(c1C)CC1NC(C3=c4[nH]/c(c(C)c4C(O)[C@@H]3C(=O)OC)=C\c3[nH]/c(c(=C)c3CC)=C\2)[C@@H](CCC(=O)O)[C@@H]1C. The molecule has 232 valence electrons. The van der Waals surface area contributed by atoms with Gasteiger partial charge in [0.15, 0.2) is 0 Å². The number of carboxylic acids is 1. The second-order valence-electron chi connectivity index (χ2n) is 12.6. The molecule has 44 heavy (non-hydrogen) atoms. The molecule has 9 nitrogen and oxygen atoms in total. The van der Waals surface area contributed by atoms with Crippen molar-refractivity contribution in [1.82, 2.24) is 20.3 Å². The van der Waals surface area contributed by atoms with Crippen LogP contribution in [0, 0.1) is 31.6 Å². The summed E-state index contributed by atoms with van der Waals surface area (Å²) in [4.78, 5) is 35.9. The quantitative estimate of drug-likeness (QED) is 0.238. The molecule has 3 aliphatic rings. The Morgan fingerprint density at radius 3 is 2.50 bits per heavy atom. The van der Waals surface area contributed by atoms with Crippen molar-refractivity contribution in [3.8, 4) is 0 Å². The molecule has 0 saturated carbocycles. The molecule has 0 radical (unpaired) electrons. The van der Waals surface area contributed by atoms with E-state index in [2.05, 4.69) is 66.3 Å². The van der Waals surface area contributed by atoms with Crippen LogP contribution in [0.4, 0.5) is 0 Å². The van der Waals surface area contributed by atoms with E-state index in [0.29, 0.717) is 18.4 Å². The molecule has 0 aromatic carbocycles. The Kier molecular flexibility index (Phi) is 7.58. The lowest BCUT2D eigenvalue weighted by atomic mass is 9.79. The third-order valence-electron chi connectivity index (χ3n) is 10.5. The van der Waals surface area contributed by atoms with E-state index in [4.69, 9.17) is 4.74 Å². The van der Waals surface area contributed by atoms with Crippen LogP contribution in [0.3, 0.4) is 0 Å². The number of ether oxygens (including phenoxy) is 1. The molecule has 0 spiro atoms. The fourth-order valence-electron chi connectivity index (χ4n) is 8.04. The number of methoxy groups -OCH3 is 1. The molecule has 0 amide bonds. The lowest BCUT2D eigenvalue weighted by Gasteiger charge is -2.27. The van der Waals surface area contributed by atoms with Gasteiger partial charge in [-0.1, -0.05) is 33.1 Å². The van der Waals surface area contributed by atoms with E-state index >= 15 is 0 Å². The number of H-pyrrole nitrogens is 3. The zero-order valence-electron chi connectivity index (χ0n) is 26.1. The minimum atomic E-state index is -1.09. The average molecular weight is 599 g/mol. The molecule has 2 aliphatic heterocycles. The Morgan fingerprint density at radius 2 is 1.84 bits per heavy atom. The summed E-state index contributed by atoms with van der Waals surface area (Å²) in [6.45, 7) is 16.8. The van der Waals surface area contributed by atoms with Gasteiger partial charge in [-0.15, -0.1) is 0 Å². The highest BCUT2D eigenvalue weighted by atomic mass is 16.5. The second-order valence-corrected chi connectivity index (χ2v) is 12.6. The molecule has 1 aliphatic carbocycles. The Balaban J connectivity index is 1.69. The van der Waals surface area contributed by atoms with Crippen molar-refractivity contribution in [2.45, 2.75) is 71.6 Å². The molecule has 1 fully saturated rings. The van der Waals surface area contributed by atoms with Gasteiger partial charge < -0.3 is 35.2 Å². The number of rotatable bonds is 6.